The molecule has 1 saturated heterocycles. The summed E-state index contributed by atoms with van der Waals surface area (Å²) < 4.78 is 0. The lowest BCUT2D eigenvalue weighted by molar-refractivity contribution is -0.118. The number of hydrogen-bond acceptors (Lipinski definition) is 2. The summed E-state index contributed by atoms with van der Waals surface area (Å²) in [5.41, 5.74) is 5.96. The Hall–Kier alpha value is -2.82. The van der Waals surface area contributed by atoms with Gasteiger partial charge in [0, 0.05) is 17.9 Å². The standard InChI is InChI=1S/C21H25N3O2/c1-13-5-6-16(4)19(12-13)23-21(26)22-18-7-8-24(20(18)25)17-10-14(2)9-15(3)11-17/h5-6,9-12,18H,7-8H2,1-4H3,(H2,22,23,26)/t18-/m1/s1. The highest BCUT2D eigenvalue weighted by molar-refractivity contribution is 6.02. The van der Waals surface area contributed by atoms with Crippen LogP contribution in [0.15, 0.2) is 36.4 Å². The van der Waals surface area contributed by atoms with Crippen LogP contribution in [0.5, 0.6) is 0 Å². The molecular weight excluding hydrogens is 326 g/mol. The van der Waals surface area contributed by atoms with Crippen molar-refractivity contribution in [2.24, 2.45) is 0 Å². The smallest absolute Gasteiger partial charge is 0.319 e. The summed E-state index contributed by atoms with van der Waals surface area (Å²) in [4.78, 5) is 26.8. The molecule has 1 atom stereocenters. The topological polar surface area (TPSA) is 61.4 Å². The number of urea groups is 1. The Labute approximate surface area is 154 Å². The van der Waals surface area contributed by atoms with Crippen LogP contribution >= 0.6 is 0 Å². The molecule has 3 amide bonds. The highest BCUT2D eigenvalue weighted by atomic mass is 16.2. The van der Waals surface area contributed by atoms with Gasteiger partial charge in [0.05, 0.1) is 0 Å². The van der Waals surface area contributed by atoms with E-state index >= 15 is 0 Å². The van der Waals surface area contributed by atoms with Crippen LogP contribution in [0.4, 0.5) is 16.2 Å². The van der Waals surface area contributed by atoms with Gasteiger partial charge in [0.25, 0.3) is 0 Å². The second-order valence-corrected chi connectivity index (χ2v) is 7.09. The second kappa shape index (κ2) is 7.20. The summed E-state index contributed by atoms with van der Waals surface area (Å²) in [5.74, 6) is -0.0638. The second-order valence-electron chi connectivity index (χ2n) is 7.09. The minimum absolute atomic E-state index is 0.0638. The zero-order valence-corrected chi connectivity index (χ0v) is 15.7. The minimum atomic E-state index is -0.499. The SMILES string of the molecule is Cc1cc(C)cc(N2CC[C@@H](NC(=O)Nc3cc(C)ccc3C)C2=O)c1. The minimum Gasteiger partial charge on any atom is -0.326 e. The molecule has 0 spiro atoms. The molecule has 2 aromatic carbocycles. The van der Waals surface area contributed by atoms with Crippen LogP contribution < -0.4 is 15.5 Å². The van der Waals surface area contributed by atoms with Crippen molar-refractivity contribution in [1.29, 1.82) is 0 Å². The lowest BCUT2D eigenvalue weighted by Crippen LogP contribution is -2.43. The van der Waals surface area contributed by atoms with Gasteiger partial charge in [0.15, 0.2) is 0 Å². The van der Waals surface area contributed by atoms with Crippen molar-refractivity contribution in [2.75, 3.05) is 16.8 Å². The molecule has 1 aliphatic rings. The van der Waals surface area contributed by atoms with Crippen molar-refractivity contribution in [3.05, 3.63) is 58.7 Å². The lowest BCUT2D eigenvalue weighted by Gasteiger charge is -2.19. The molecule has 0 unspecified atom stereocenters. The van der Waals surface area contributed by atoms with Crippen LogP contribution in [-0.4, -0.2) is 24.5 Å². The molecule has 0 aromatic heterocycles. The molecule has 1 heterocycles. The van der Waals surface area contributed by atoms with Crippen LogP contribution in [0.3, 0.4) is 0 Å². The van der Waals surface area contributed by atoms with Gasteiger partial charge in [-0.1, -0.05) is 18.2 Å². The van der Waals surface area contributed by atoms with Crippen LogP contribution in [0, 0.1) is 27.7 Å². The molecule has 2 N–H and O–H groups in total. The average molecular weight is 351 g/mol. The van der Waals surface area contributed by atoms with Crippen LogP contribution in [0.2, 0.25) is 0 Å². The maximum atomic E-state index is 12.7. The van der Waals surface area contributed by atoms with Gasteiger partial charge in [0.2, 0.25) is 5.91 Å². The molecule has 26 heavy (non-hydrogen) atoms. The Morgan fingerprint density at radius 3 is 2.38 bits per heavy atom. The van der Waals surface area contributed by atoms with E-state index in [1.807, 2.05) is 58.0 Å². The van der Waals surface area contributed by atoms with E-state index in [0.29, 0.717) is 13.0 Å². The molecular formula is C21H25N3O2. The van der Waals surface area contributed by atoms with Gasteiger partial charge in [-0.2, -0.15) is 0 Å². The van der Waals surface area contributed by atoms with E-state index in [2.05, 4.69) is 16.7 Å². The van der Waals surface area contributed by atoms with E-state index < -0.39 is 6.04 Å². The van der Waals surface area contributed by atoms with Crippen molar-refractivity contribution < 1.29 is 9.59 Å². The van der Waals surface area contributed by atoms with Crippen LogP contribution in [0.1, 0.15) is 28.7 Å². The zero-order chi connectivity index (χ0) is 18.8. The summed E-state index contributed by atoms with van der Waals surface area (Å²) in [7, 11) is 0. The van der Waals surface area contributed by atoms with Gasteiger partial charge in [-0.3, -0.25) is 4.79 Å². The van der Waals surface area contributed by atoms with Crippen molar-refractivity contribution in [3.63, 3.8) is 0 Å². The van der Waals surface area contributed by atoms with E-state index in [4.69, 9.17) is 0 Å². The number of amides is 3. The predicted octanol–water partition coefficient (Wildman–Crippen LogP) is 3.85. The van der Waals surface area contributed by atoms with Crippen molar-refractivity contribution in [1.82, 2.24) is 5.32 Å². The van der Waals surface area contributed by atoms with E-state index in [-0.39, 0.29) is 11.9 Å². The molecule has 136 valence electrons. The third kappa shape index (κ3) is 3.87. The normalized spacial score (nSPS) is 16.7. The third-order valence-corrected chi connectivity index (χ3v) is 4.67. The van der Waals surface area contributed by atoms with Crippen LogP contribution in [0.25, 0.3) is 0 Å². The largest absolute Gasteiger partial charge is 0.326 e. The molecule has 5 heteroatoms. The first-order chi connectivity index (χ1) is 12.3. The predicted molar refractivity (Wildman–Crippen MR) is 105 cm³/mol. The van der Waals surface area contributed by atoms with Gasteiger partial charge in [0.1, 0.15) is 6.04 Å². The fourth-order valence-electron chi connectivity index (χ4n) is 3.36. The van der Waals surface area contributed by atoms with Gasteiger partial charge < -0.3 is 15.5 Å². The number of nitrogens with one attached hydrogen (secondary N) is 2. The molecule has 1 fully saturated rings. The molecule has 0 bridgehead atoms. The Bertz CT molecular complexity index is 840. The average Bonchev–Trinajstić information content (AvgIpc) is 2.91. The summed E-state index contributed by atoms with van der Waals surface area (Å²) in [6.07, 6.45) is 0.603. The van der Waals surface area contributed by atoms with E-state index in [0.717, 1.165) is 33.6 Å². The number of anilines is 2. The van der Waals surface area contributed by atoms with Crippen molar-refractivity contribution in [3.8, 4) is 0 Å². The Kier molecular flexibility index (Phi) is 4.98. The lowest BCUT2D eigenvalue weighted by atomic mass is 10.1. The molecule has 2 aromatic rings. The first-order valence-corrected chi connectivity index (χ1v) is 8.88. The molecule has 1 aliphatic heterocycles. The zero-order valence-electron chi connectivity index (χ0n) is 15.7. The number of nitrogens with zero attached hydrogens (tertiary/aromatic N) is 1. The molecule has 3 rings (SSSR count). The van der Waals surface area contributed by atoms with Gasteiger partial charge in [-0.15, -0.1) is 0 Å². The first-order valence-electron chi connectivity index (χ1n) is 8.88. The van der Waals surface area contributed by atoms with Gasteiger partial charge in [-0.05, 0) is 74.6 Å². The maximum Gasteiger partial charge on any atom is 0.319 e. The summed E-state index contributed by atoms with van der Waals surface area (Å²) in [5, 5.41) is 5.66. The summed E-state index contributed by atoms with van der Waals surface area (Å²) >= 11 is 0. The number of carbonyl (C=O) groups excluding carboxylic acids is 2. The Morgan fingerprint density at radius 2 is 1.69 bits per heavy atom. The van der Waals surface area contributed by atoms with Crippen molar-refractivity contribution >= 4 is 23.3 Å². The molecule has 5 nitrogen and oxygen atoms in total. The molecule has 0 saturated carbocycles. The quantitative estimate of drug-likeness (QED) is 0.882. The summed E-state index contributed by atoms with van der Waals surface area (Å²) in [6, 6.07) is 11.1. The van der Waals surface area contributed by atoms with E-state index in [9.17, 15) is 9.59 Å². The fourth-order valence-corrected chi connectivity index (χ4v) is 3.36. The number of rotatable bonds is 3. The van der Waals surface area contributed by atoms with E-state index in [1.165, 1.54) is 0 Å². The summed E-state index contributed by atoms with van der Waals surface area (Å²) in [6.45, 7) is 8.56. The number of benzene rings is 2. The van der Waals surface area contributed by atoms with Crippen molar-refractivity contribution in [2.45, 2.75) is 40.2 Å². The maximum absolute atomic E-state index is 12.7. The fraction of sp³-hybridized carbons (Fsp3) is 0.333. The Balaban J connectivity index is 1.67. The highest BCUT2D eigenvalue weighted by Crippen LogP contribution is 2.24. The van der Waals surface area contributed by atoms with Gasteiger partial charge >= 0.3 is 6.03 Å². The Morgan fingerprint density at radius 1 is 1.00 bits per heavy atom. The van der Waals surface area contributed by atoms with Gasteiger partial charge in [-0.25, -0.2) is 4.79 Å². The third-order valence-electron chi connectivity index (χ3n) is 4.67. The molecule has 0 aliphatic carbocycles. The first kappa shape index (κ1) is 18.0. The number of aryl methyl sites for hydroxylation is 4. The monoisotopic (exact) mass is 351 g/mol. The number of carbonyl (C=O) groups is 2. The van der Waals surface area contributed by atoms with Crippen LogP contribution in [-0.2, 0) is 4.79 Å². The van der Waals surface area contributed by atoms with E-state index in [1.54, 1.807) is 4.90 Å². The number of hydrogen-bond donors (Lipinski definition) is 2. The highest BCUT2D eigenvalue weighted by Gasteiger charge is 2.33. The molecule has 0 radical (unpaired) electrons.